The molecular weight excluding hydrogens is 477 g/mol. The van der Waals surface area contributed by atoms with Crippen LogP contribution in [0.1, 0.15) is 26.4 Å². The van der Waals surface area contributed by atoms with Crippen LogP contribution in [0.5, 0.6) is 0 Å². The third-order valence-electron chi connectivity index (χ3n) is 4.17. The first-order valence-corrected chi connectivity index (χ1v) is 9.70. The van der Waals surface area contributed by atoms with Gasteiger partial charge in [0.1, 0.15) is 5.82 Å². The molecule has 3 aromatic rings. The third-order valence-corrected chi connectivity index (χ3v) is 4.48. The van der Waals surface area contributed by atoms with Gasteiger partial charge in [0.2, 0.25) is 0 Å². The summed E-state index contributed by atoms with van der Waals surface area (Å²) < 4.78 is 26.6. The Balaban J connectivity index is 0.00000385. The lowest BCUT2D eigenvalue weighted by atomic mass is 10.2. The van der Waals surface area contributed by atoms with Crippen LogP contribution in [0.4, 0.5) is 20.3 Å². The lowest BCUT2D eigenvalue weighted by Gasteiger charge is -2.08. The van der Waals surface area contributed by atoms with Crippen LogP contribution in [0.2, 0.25) is 5.02 Å². The van der Waals surface area contributed by atoms with E-state index in [0.29, 0.717) is 17.8 Å². The fourth-order valence-electron chi connectivity index (χ4n) is 2.62. The summed E-state index contributed by atoms with van der Waals surface area (Å²) in [6.07, 6.45) is 1.66. The lowest BCUT2D eigenvalue weighted by molar-refractivity contribution is 0.0945. The van der Waals surface area contributed by atoms with Crippen LogP contribution in [0.15, 0.2) is 47.5 Å². The van der Waals surface area contributed by atoms with E-state index in [2.05, 4.69) is 25.8 Å². The number of amides is 2. The first-order valence-electron chi connectivity index (χ1n) is 9.32. The highest BCUT2D eigenvalue weighted by Crippen LogP contribution is 2.21. The summed E-state index contributed by atoms with van der Waals surface area (Å²) in [5.74, 6) is -3.58. The van der Waals surface area contributed by atoms with Crippen molar-refractivity contribution in [3.63, 3.8) is 0 Å². The number of benzene rings is 2. The maximum absolute atomic E-state index is 13.4. The number of aromatic amines is 1. The molecule has 2 amide bonds. The molecular formula is C21H20Cl2F2N6O2. The molecule has 1 heterocycles. The molecule has 0 atom stereocenters. The number of hydrogen-bond donors (Lipinski definition) is 3. The zero-order valence-electron chi connectivity index (χ0n) is 17.5. The maximum Gasteiger partial charge on any atom is 0.272 e. The average Bonchev–Trinajstić information content (AvgIpc) is 3.22. The van der Waals surface area contributed by atoms with Gasteiger partial charge in [-0.15, -0.1) is 12.4 Å². The van der Waals surface area contributed by atoms with Crippen molar-refractivity contribution in [1.82, 2.24) is 20.4 Å². The molecule has 0 aliphatic rings. The minimum atomic E-state index is -1.21. The largest absolute Gasteiger partial charge is 0.369 e. The van der Waals surface area contributed by atoms with Crippen LogP contribution in [0, 0.1) is 11.6 Å². The summed E-state index contributed by atoms with van der Waals surface area (Å²) in [5, 5.41) is 11.2. The molecule has 8 nitrogen and oxygen atoms in total. The van der Waals surface area contributed by atoms with E-state index in [0.717, 1.165) is 5.56 Å². The normalized spacial score (nSPS) is 10.6. The van der Waals surface area contributed by atoms with Crippen LogP contribution in [-0.2, 0) is 6.54 Å². The summed E-state index contributed by atoms with van der Waals surface area (Å²) in [5.41, 5.74) is 1.27. The minimum absolute atomic E-state index is 0. The van der Waals surface area contributed by atoms with Crippen molar-refractivity contribution in [1.29, 1.82) is 0 Å². The molecule has 0 fully saturated rings. The number of aliphatic imine (C=N–C) groups is 1. The molecule has 0 radical (unpaired) electrons. The van der Waals surface area contributed by atoms with Gasteiger partial charge >= 0.3 is 0 Å². The Kier molecular flexibility index (Phi) is 8.89. The van der Waals surface area contributed by atoms with Crippen molar-refractivity contribution in [3.8, 4) is 0 Å². The van der Waals surface area contributed by atoms with Gasteiger partial charge in [0.25, 0.3) is 11.8 Å². The van der Waals surface area contributed by atoms with Crippen molar-refractivity contribution in [3.05, 3.63) is 75.9 Å². The molecule has 1 aromatic heterocycles. The Morgan fingerprint density at radius 1 is 1.15 bits per heavy atom. The van der Waals surface area contributed by atoms with Crippen molar-refractivity contribution in [2.24, 2.45) is 4.99 Å². The molecule has 33 heavy (non-hydrogen) atoms. The zero-order chi connectivity index (χ0) is 23.3. The molecule has 0 saturated carbocycles. The van der Waals surface area contributed by atoms with E-state index in [1.54, 1.807) is 11.2 Å². The highest BCUT2D eigenvalue weighted by atomic mass is 35.5. The monoisotopic (exact) mass is 496 g/mol. The number of rotatable bonds is 7. The maximum atomic E-state index is 13.4. The number of hydrogen-bond acceptors (Lipinski definition) is 4. The summed E-state index contributed by atoms with van der Waals surface area (Å²) in [7, 11) is 3.70. The van der Waals surface area contributed by atoms with Crippen molar-refractivity contribution in [2.45, 2.75) is 6.54 Å². The van der Waals surface area contributed by atoms with Crippen molar-refractivity contribution < 1.29 is 18.4 Å². The minimum Gasteiger partial charge on any atom is -0.369 e. The van der Waals surface area contributed by atoms with Gasteiger partial charge < -0.3 is 15.5 Å². The Hall–Kier alpha value is -3.50. The number of H-pyrrole nitrogens is 1. The molecule has 0 saturated heterocycles. The van der Waals surface area contributed by atoms with Crippen molar-refractivity contribution >= 4 is 53.7 Å². The summed E-state index contributed by atoms with van der Waals surface area (Å²) in [6.45, 7) is 0.207. The molecule has 174 valence electrons. The fraction of sp³-hybridized carbons (Fsp3) is 0.143. The summed E-state index contributed by atoms with van der Waals surface area (Å²) in [6, 6.07) is 10.0. The number of nitrogens with zero attached hydrogens (tertiary/aromatic N) is 3. The number of nitrogens with one attached hydrogen (secondary N) is 3. The molecule has 3 N–H and O–H groups in total. The molecule has 0 aliphatic heterocycles. The second kappa shape index (κ2) is 11.4. The van der Waals surface area contributed by atoms with Crippen LogP contribution in [0.3, 0.4) is 0 Å². The van der Waals surface area contributed by atoms with E-state index in [1.807, 2.05) is 38.4 Å². The second-order valence-corrected chi connectivity index (χ2v) is 7.29. The summed E-state index contributed by atoms with van der Waals surface area (Å²) >= 11 is 5.80. The predicted octanol–water partition coefficient (Wildman–Crippen LogP) is 4.17. The van der Waals surface area contributed by atoms with E-state index in [1.165, 1.54) is 6.07 Å². The van der Waals surface area contributed by atoms with Crippen molar-refractivity contribution in [2.75, 3.05) is 19.4 Å². The Labute approximate surface area is 199 Å². The van der Waals surface area contributed by atoms with Gasteiger partial charge in [-0.1, -0.05) is 29.8 Å². The summed E-state index contributed by atoms with van der Waals surface area (Å²) in [4.78, 5) is 30.9. The standard InChI is InChI=1S/C21H19ClF2N6O2.ClH/c1-30(2)11-26-17-6-4-3-5-12(17)10-25-21(32)18-9-19(29-28-18)27-20(31)13-7-15(23)16(24)8-14(13)22;/h3-9,11H,10H2,1-2H3,(H,25,32)(H2,27,28,29,31);1H/b26-11+;. The van der Waals surface area contributed by atoms with E-state index in [-0.39, 0.29) is 41.0 Å². The van der Waals surface area contributed by atoms with Crippen LogP contribution in [0.25, 0.3) is 0 Å². The highest BCUT2D eigenvalue weighted by Gasteiger charge is 2.17. The van der Waals surface area contributed by atoms with E-state index >= 15 is 0 Å². The van der Waals surface area contributed by atoms with Gasteiger partial charge in [-0.2, -0.15) is 5.10 Å². The molecule has 12 heteroatoms. The number of aromatic nitrogens is 2. The Bertz CT molecular complexity index is 1180. The van der Waals surface area contributed by atoms with E-state index in [9.17, 15) is 18.4 Å². The molecule has 3 rings (SSSR count). The number of para-hydroxylation sites is 1. The molecule has 0 spiro atoms. The van der Waals surface area contributed by atoms with Gasteiger partial charge in [0, 0.05) is 26.7 Å². The topological polar surface area (TPSA) is 102 Å². The highest BCUT2D eigenvalue weighted by molar-refractivity contribution is 6.34. The van der Waals surface area contributed by atoms with Crippen LogP contribution < -0.4 is 10.6 Å². The van der Waals surface area contributed by atoms with E-state index < -0.39 is 23.4 Å². The SMILES string of the molecule is CN(C)/C=N/c1ccccc1CNC(=O)c1cc(NC(=O)c2cc(F)c(F)cc2Cl)[nH]n1.Cl. The lowest BCUT2D eigenvalue weighted by Crippen LogP contribution is -2.23. The first-order chi connectivity index (χ1) is 15.2. The van der Waals surface area contributed by atoms with Gasteiger partial charge in [0.15, 0.2) is 17.3 Å². The average molecular weight is 497 g/mol. The molecule has 2 aromatic carbocycles. The molecule has 0 bridgehead atoms. The quantitative estimate of drug-likeness (QED) is 0.259. The molecule has 0 unspecified atom stereocenters. The number of halogens is 4. The Morgan fingerprint density at radius 2 is 1.85 bits per heavy atom. The van der Waals surface area contributed by atoms with E-state index in [4.69, 9.17) is 11.6 Å². The number of carbonyl (C=O) groups is 2. The third kappa shape index (κ3) is 6.74. The molecule has 0 aliphatic carbocycles. The smallest absolute Gasteiger partial charge is 0.272 e. The van der Waals surface area contributed by atoms with Gasteiger partial charge in [0.05, 0.1) is 22.6 Å². The fourth-order valence-corrected chi connectivity index (χ4v) is 2.85. The second-order valence-electron chi connectivity index (χ2n) is 6.89. The number of carbonyl (C=O) groups excluding carboxylic acids is 2. The zero-order valence-corrected chi connectivity index (χ0v) is 19.1. The van der Waals surface area contributed by atoms with Gasteiger partial charge in [-0.3, -0.25) is 14.7 Å². The van der Waals surface area contributed by atoms with Crippen LogP contribution in [-0.4, -0.2) is 47.3 Å². The number of anilines is 1. The Morgan fingerprint density at radius 3 is 2.58 bits per heavy atom. The predicted molar refractivity (Wildman–Crippen MR) is 125 cm³/mol. The van der Waals surface area contributed by atoms with Gasteiger partial charge in [-0.25, -0.2) is 13.8 Å². The van der Waals surface area contributed by atoms with Gasteiger partial charge in [-0.05, 0) is 23.8 Å². The van der Waals surface area contributed by atoms with Crippen LogP contribution >= 0.6 is 24.0 Å². The first kappa shape index (κ1) is 25.8.